The number of hydrogen-bond acceptors (Lipinski definition) is 1. The van der Waals surface area contributed by atoms with Gasteiger partial charge in [-0.05, 0) is 37.9 Å². The quantitative estimate of drug-likeness (QED) is 0.755. The molecule has 1 atom stereocenters. The standard InChI is InChI=1S/C16H23N/c1-4-5-9-15-12-17(3)13(2)16(15)14-10-7-6-8-11-14/h6-8,10-11,13H,4-5,9,12H2,1-3H3. The van der Waals surface area contributed by atoms with Gasteiger partial charge in [0.25, 0.3) is 0 Å². The Morgan fingerprint density at radius 1 is 1.24 bits per heavy atom. The van der Waals surface area contributed by atoms with Crippen molar-refractivity contribution in [3.8, 4) is 0 Å². The Morgan fingerprint density at radius 2 is 1.94 bits per heavy atom. The number of nitrogens with zero attached hydrogens (tertiary/aromatic N) is 1. The van der Waals surface area contributed by atoms with Crippen molar-refractivity contribution in [3.63, 3.8) is 0 Å². The summed E-state index contributed by atoms with van der Waals surface area (Å²) in [6.45, 7) is 5.73. The predicted molar refractivity (Wildman–Crippen MR) is 75.0 cm³/mol. The minimum atomic E-state index is 0.559. The van der Waals surface area contributed by atoms with Crippen LogP contribution in [0.1, 0.15) is 38.7 Å². The van der Waals surface area contributed by atoms with E-state index in [2.05, 4.69) is 56.1 Å². The lowest BCUT2D eigenvalue weighted by Crippen LogP contribution is -2.24. The first-order valence-electron chi connectivity index (χ1n) is 6.71. The molecule has 2 rings (SSSR count). The van der Waals surface area contributed by atoms with Gasteiger partial charge in [-0.2, -0.15) is 0 Å². The second kappa shape index (κ2) is 5.50. The Hall–Kier alpha value is -1.08. The lowest BCUT2D eigenvalue weighted by molar-refractivity contribution is 0.351. The zero-order chi connectivity index (χ0) is 12.3. The van der Waals surface area contributed by atoms with Crippen LogP contribution in [-0.4, -0.2) is 24.5 Å². The molecule has 1 nitrogen and oxygen atoms in total. The first-order valence-corrected chi connectivity index (χ1v) is 6.71. The SMILES string of the molecule is CCCCC1=C(c2ccccc2)C(C)N(C)C1. The summed E-state index contributed by atoms with van der Waals surface area (Å²) in [6, 6.07) is 11.4. The van der Waals surface area contributed by atoms with Gasteiger partial charge in [0.15, 0.2) is 0 Å². The van der Waals surface area contributed by atoms with Gasteiger partial charge in [-0.15, -0.1) is 0 Å². The number of rotatable bonds is 4. The van der Waals surface area contributed by atoms with Crippen molar-refractivity contribution in [3.05, 3.63) is 41.5 Å². The Morgan fingerprint density at radius 3 is 2.59 bits per heavy atom. The molecule has 0 saturated heterocycles. The Kier molecular flexibility index (Phi) is 4.01. The molecule has 0 aromatic heterocycles. The fourth-order valence-corrected chi connectivity index (χ4v) is 2.71. The highest BCUT2D eigenvalue weighted by atomic mass is 15.1. The summed E-state index contributed by atoms with van der Waals surface area (Å²) in [5, 5.41) is 0. The lowest BCUT2D eigenvalue weighted by atomic mass is 9.95. The third kappa shape index (κ3) is 2.61. The van der Waals surface area contributed by atoms with Crippen molar-refractivity contribution >= 4 is 5.57 Å². The van der Waals surface area contributed by atoms with E-state index in [9.17, 15) is 0 Å². The molecule has 1 aliphatic rings. The molecule has 0 spiro atoms. The molecule has 0 N–H and O–H groups in total. The fourth-order valence-electron chi connectivity index (χ4n) is 2.71. The summed E-state index contributed by atoms with van der Waals surface area (Å²) in [5.74, 6) is 0. The highest BCUT2D eigenvalue weighted by Gasteiger charge is 2.26. The van der Waals surface area contributed by atoms with Crippen molar-refractivity contribution in [2.24, 2.45) is 0 Å². The van der Waals surface area contributed by atoms with Gasteiger partial charge in [0.2, 0.25) is 0 Å². The molecule has 0 radical (unpaired) electrons. The second-order valence-electron chi connectivity index (χ2n) is 5.08. The first kappa shape index (κ1) is 12.4. The van der Waals surface area contributed by atoms with E-state index in [0.717, 1.165) is 6.54 Å². The van der Waals surface area contributed by atoms with Crippen LogP contribution < -0.4 is 0 Å². The van der Waals surface area contributed by atoms with E-state index in [1.807, 2.05) is 0 Å². The van der Waals surface area contributed by atoms with Gasteiger partial charge in [-0.1, -0.05) is 49.2 Å². The van der Waals surface area contributed by atoms with Gasteiger partial charge >= 0.3 is 0 Å². The summed E-state index contributed by atoms with van der Waals surface area (Å²) in [4.78, 5) is 2.45. The monoisotopic (exact) mass is 229 g/mol. The van der Waals surface area contributed by atoms with Crippen LogP contribution >= 0.6 is 0 Å². The van der Waals surface area contributed by atoms with Crippen LogP contribution in [-0.2, 0) is 0 Å². The van der Waals surface area contributed by atoms with Gasteiger partial charge in [-0.25, -0.2) is 0 Å². The van der Waals surface area contributed by atoms with Gasteiger partial charge in [0.05, 0.1) is 0 Å². The van der Waals surface area contributed by atoms with Crippen molar-refractivity contribution in [2.75, 3.05) is 13.6 Å². The average Bonchev–Trinajstić information content (AvgIpc) is 2.64. The number of unbranched alkanes of at least 4 members (excludes halogenated alkanes) is 1. The van der Waals surface area contributed by atoms with Crippen molar-refractivity contribution in [1.82, 2.24) is 4.90 Å². The van der Waals surface area contributed by atoms with E-state index in [4.69, 9.17) is 0 Å². The highest BCUT2D eigenvalue weighted by molar-refractivity contribution is 5.74. The number of hydrogen-bond donors (Lipinski definition) is 0. The van der Waals surface area contributed by atoms with Crippen molar-refractivity contribution < 1.29 is 0 Å². The van der Waals surface area contributed by atoms with Crippen LogP contribution in [0.4, 0.5) is 0 Å². The van der Waals surface area contributed by atoms with E-state index >= 15 is 0 Å². The molecule has 1 heteroatoms. The molecule has 0 aliphatic carbocycles. The molecule has 0 amide bonds. The molecule has 92 valence electrons. The molecule has 1 aliphatic heterocycles. The van der Waals surface area contributed by atoms with Gasteiger partial charge in [0.1, 0.15) is 0 Å². The molecule has 1 aromatic carbocycles. The molecule has 0 fully saturated rings. The third-order valence-corrected chi connectivity index (χ3v) is 3.82. The highest BCUT2D eigenvalue weighted by Crippen LogP contribution is 2.33. The minimum Gasteiger partial charge on any atom is -0.296 e. The zero-order valence-corrected chi connectivity index (χ0v) is 11.2. The minimum absolute atomic E-state index is 0.559. The van der Waals surface area contributed by atoms with E-state index in [1.165, 1.54) is 24.8 Å². The molecule has 17 heavy (non-hydrogen) atoms. The van der Waals surface area contributed by atoms with Crippen LogP contribution in [0.15, 0.2) is 35.9 Å². The summed E-state index contributed by atoms with van der Waals surface area (Å²) in [7, 11) is 2.23. The second-order valence-corrected chi connectivity index (χ2v) is 5.08. The Labute approximate surface area is 105 Å². The smallest absolute Gasteiger partial charge is 0.0326 e. The van der Waals surface area contributed by atoms with E-state index in [-0.39, 0.29) is 0 Å². The van der Waals surface area contributed by atoms with Crippen molar-refractivity contribution in [1.29, 1.82) is 0 Å². The Balaban J connectivity index is 2.30. The first-order chi connectivity index (χ1) is 8.24. The zero-order valence-electron chi connectivity index (χ0n) is 11.2. The van der Waals surface area contributed by atoms with E-state index in [0.29, 0.717) is 6.04 Å². The van der Waals surface area contributed by atoms with Crippen LogP contribution in [0.2, 0.25) is 0 Å². The molecular weight excluding hydrogens is 206 g/mol. The summed E-state index contributed by atoms with van der Waals surface area (Å²) in [5.41, 5.74) is 4.63. The molecule has 1 heterocycles. The average molecular weight is 229 g/mol. The molecular formula is C16H23N. The van der Waals surface area contributed by atoms with Crippen LogP contribution in [0.3, 0.4) is 0 Å². The summed E-state index contributed by atoms with van der Waals surface area (Å²) < 4.78 is 0. The molecule has 0 bridgehead atoms. The number of benzene rings is 1. The normalized spacial score (nSPS) is 21.2. The van der Waals surface area contributed by atoms with Crippen LogP contribution in [0.5, 0.6) is 0 Å². The van der Waals surface area contributed by atoms with E-state index in [1.54, 1.807) is 11.1 Å². The molecule has 0 saturated carbocycles. The van der Waals surface area contributed by atoms with E-state index < -0.39 is 0 Å². The fraction of sp³-hybridized carbons (Fsp3) is 0.500. The summed E-state index contributed by atoms with van der Waals surface area (Å²) in [6.07, 6.45) is 3.85. The van der Waals surface area contributed by atoms with Crippen LogP contribution in [0.25, 0.3) is 5.57 Å². The van der Waals surface area contributed by atoms with Gasteiger partial charge in [0, 0.05) is 12.6 Å². The maximum Gasteiger partial charge on any atom is 0.0326 e. The molecule has 1 aromatic rings. The Bertz CT molecular complexity index is 391. The number of likely N-dealkylation sites (N-methyl/N-ethyl adjacent to an activating group) is 1. The largest absolute Gasteiger partial charge is 0.296 e. The van der Waals surface area contributed by atoms with Gasteiger partial charge in [-0.3, -0.25) is 4.90 Å². The maximum absolute atomic E-state index is 2.45. The third-order valence-electron chi connectivity index (χ3n) is 3.82. The summed E-state index contributed by atoms with van der Waals surface area (Å²) >= 11 is 0. The lowest BCUT2D eigenvalue weighted by Gasteiger charge is -2.18. The molecule has 1 unspecified atom stereocenters. The van der Waals surface area contributed by atoms with Crippen molar-refractivity contribution in [2.45, 2.75) is 39.2 Å². The topological polar surface area (TPSA) is 3.24 Å². The maximum atomic E-state index is 2.45. The predicted octanol–water partition coefficient (Wildman–Crippen LogP) is 3.96. The van der Waals surface area contributed by atoms with Crippen LogP contribution in [0, 0.1) is 0 Å². The van der Waals surface area contributed by atoms with Gasteiger partial charge < -0.3 is 0 Å².